The lowest BCUT2D eigenvalue weighted by Gasteiger charge is -2.08. The summed E-state index contributed by atoms with van der Waals surface area (Å²) in [4.78, 5) is 20.2. The second kappa shape index (κ2) is 9.39. The van der Waals surface area contributed by atoms with Crippen molar-refractivity contribution >= 4 is 17.6 Å². The fourth-order valence-electron chi connectivity index (χ4n) is 2.86. The second-order valence-electron chi connectivity index (χ2n) is 6.61. The minimum Gasteiger partial charge on any atom is -0.497 e. The molecule has 8 nitrogen and oxygen atoms in total. The second-order valence-corrected chi connectivity index (χ2v) is 6.61. The fourth-order valence-corrected chi connectivity index (χ4v) is 2.86. The van der Waals surface area contributed by atoms with Crippen LogP contribution in [0.25, 0.3) is 0 Å². The van der Waals surface area contributed by atoms with E-state index in [0.717, 1.165) is 22.4 Å². The van der Waals surface area contributed by atoms with Crippen LogP contribution in [-0.4, -0.2) is 28.4 Å². The zero-order valence-corrected chi connectivity index (χ0v) is 16.8. The average Bonchev–Trinajstić information content (AvgIpc) is 3.12. The maximum atomic E-state index is 12.2. The maximum Gasteiger partial charge on any atom is 0.342 e. The summed E-state index contributed by atoms with van der Waals surface area (Å²) in [5, 5.41) is 12.1. The lowest BCUT2D eigenvalue weighted by atomic mass is 10.1. The number of carbonyl (C=O) groups excluding carboxylic acids is 1. The van der Waals surface area contributed by atoms with Crippen molar-refractivity contribution in [2.45, 2.75) is 20.0 Å². The predicted octanol–water partition coefficient (Wildman–Crippen LogP) is 3.05. The number of nitrogens with zero attached hydrogens (tertiary/aromatic N) is 4. The highest BCUT2D eigenvalue weighted by Gasteiger charge is 2.16. The Balaban J connectivity index is 1.71. The van der Waals surface area contributed by atoms with Crippen molar-refractivity contribution in [3.63, 3.8) is 0 Å². The molecule has 0 atom stereocenters. The number of urea groups is 1. The molecule has 1 heterocycles. The highest BCUT2D eigenvalue weighted by atomic mass is 16.5. The topological polar surface area (TPSA) is 118 Å². The van der Waals surface area contributed by atoms with Crippen molar-refractivity contribution in [1.29, 1.82) is 5.26 Å². The molecule has 0 unspecified atom stereocenters. The summed E-state index contributed by atoms with van der Waals surface area (Å²) in [6.07, 6.45) is 1.54. The molecular weight excluding hydrogens is 380 g/mol. The van der Waals surface area contributed by atoms with Crippen LogP contribution in [0.2, 0.25) is 0 Å². The number of ether oxygens (including phenoxy) is 1. The first-order chi connectivity index (χ1) is 14.5. The summed E-state index contributed by atoms with van der Waals surface area (Å²) < 4.78 is 6.82. The van der Waals surface area contributed by atoms with Crippen LogP contribution in [-0.2, 0) is 13.1 Å². The zero-order chi connectivity index (χ0) is 21.5. The number of benzene rings is 2. The Bertz CT molecular complexity index is 1110. The van der Waals surface area contributed by atoms with Crippen molar-refractivity contribution in [1.82, 2.24) is 14.9 Å². The molecule has 3 rings (SSSR count). The molecule has 0 aliphatic heterocycles. The molecule has 8 heteroatoms. The van der Waals surface area contributed by atoms with Gasteiger partial charge in [-0.3, -0.25) is 0 Å². The first-order valence-electron chi connectivity index (χ1n) is 9.27. The molecular formula is C22H22N6O2. The molecule has 2 aromatic carbocycles. The molecule has 152 valence electrons. The van der Waals surface area contributed by atoms with E-state index in [1.54, 1.807) is 30.1 Å². The molecule has 0 bridgehead atoms. The lowest BCUT2D eigenvalue weighted by Crippen LogP contribution is -2.21. The van der Waals surface area contributed by atoms with Crippen molar-refractivity contribution < 1.29 is 9.53 Å². The zero-order valence-electron chi connectivity index (χ0n) is 16.8. The number of rotatable bonds is 6. The van der Waals surface area contributed by atoms with Gasteiger partial charge in [0.25, 0.3) is 0 Å². The van der Waals surface area contributed by atoms with Crippen LogP contribution in [0.15, 0.2) is 59.9 Å². The molecule has 30 heavy (non-hydrogen) atoms. The number of aromatic nitrogens is 2. The van der Waals surface area contributed by atoms with E-state index in [-0.39, 0.29) is 23.8 Å². The number of carbonyl (C=O) groups is 1. The number of anilines is 1. The summed E-state index contributed by atoms with van der Waals surface area (Å²) in [5.74, 6) is 1.01. The van der Waals surface area contributed by atoms with Gasteiger partial charge >= 0.3 is 6.03 Å². The third-order valence-electron chi connectivity index (χ3n) is 4.63. The van der Waals surface area contributed by atoms with Gasteiger partial charge in [0.1, 0.15) is 23.3 Å². The van der Waals surface area contributed by atoms with Crippen molar-refractivity contribution in [2.24, 2.45) is 4.99 Å². The molecule has 0 aliphatic rings. The summed E-state index contributed by atoms with van der Waals surface area (Å²) in [6.45, 7) is 2.79. The molecule has 0 saturated carbocycles. The quantitative estimate of drug-likeness (QED) is 0.614. The summed E-state index contributed by atoms with van der Waals surface area (Å²) >= 11 is 0. The Morgan fingerprint density at radius 1 is 1.27 bits per heavy atom. The Morgan fingerprint density at radius 3 is 2.67 bits per heavy atom. The molecule has 3 aromatic rings. The number of nitrogens with two attached hydrogens (primary N) is 1. The van der Waals surface area contributed by atoms with Gasteiger partial charge in [-0.05, 0) is 35.7 Å². The minimum atomic E-state index is -0.643. The van der Waals surface area contributed by atoms with E-state index in [0.29, 0.717) is 6.54 Å². The van der Waals surface area contributed by atoms with Gasteiger partial charge in [-0.2, -0.15) is 10.3 Å². The van der Waals surface area contributed by atoms with Gasteiger partial charge in [-0.1, -0.05) is 36.4 Å². The van der Waals surface area contributed by atoms with Crippen molar-refractivity contribution in [3.8, 4) is 11.8 Å². The predicted molar refractivity (Wildman–Crippen MR) is 114 cm³/mol. The maximum absolute atomic E-state index is 12.2. The van der Waals surface area contributed by atoms with Crippen LogP contribution in [0.5, 0.6) is 5.75 Å². The normalized spacial score (nSPS) is 11.0. The van der Waals surface area contributed by atoms with Gasteiger partial charge < -0.3 is 20.4 Å². The van der Waals surface area contributed by atoms with Crippen LogP contribution in [0.1, 0.15) is 22.4 Å². The first kappa shape index (κ1) is 20.6. The summed E-state index contributed by atoms with van der Waals surface area (Å²) in [7, 11) is 1.59. The van der Waals surface area contributed by atoms with Gasteiger partial charge in [-0.25, -0.2) is 9.78 Å². The van der Waals surface area contributed by atoms with E-state index in [2.05, 4.69) is 15.3 Å². The number of nitrogen functional groups attached to an aromatic ring is 1. The highest BCUT2D eigenvalue weighted by molar-refractivity contribution is 6.16. The Morgan fingerprint density at radius 2 is 2.00 bits per heavy atom. The van der Waals surface area contributed by atoms with E-state index >= 15 is 0 Å². The van der Waals surface area contributed by atoms with Crippen LogP contribution in [0, 0.1) is 18.3 Å². The van der Waals surface area contributed by atoms with E-state index < -0.39 is 6.03 Å². The molecule has 0 aliphatic carbocycles. The van der Waals surface area contributed by atoms with Gasteiger partial charge in [-0.15, -0.1) is 0 Å². The number of nitriles is 1. The van der Waals surface area contributed by atoms with Crippen LogP contribution in [0.3, 0.4) is 0 Å². The smallest absolute Gasteiger partial charge is 0.342 e. The van der Waals surface area contributed by atoms with Gasteiger partial charge in [0.05, 0.1) is 20.0 Å². The molecule has 3 N–H and O–H groups in total. The minimum absolute atomic E-state index is 0.136. The van der Waals surface area contributed by atoms with Gasteiger partial charge in [0.2, 0.25) is 0 Å². The Labute approximate surface area is 174 Å². The number of imidazole rings is 1. The van der Waals surface area contributed by atoms with E-state index in [9.17, 15) is 10.1 Å². The van der Waals surface area contributed by atoms with Gasteiger partial charge in [0, 0.05) is 6.54 Å². The van der Waals surface area contributed by atoms with Crippen molar-refractivity contribution in [2.75, 3.05) is 12.8 Å². The Kier molecular flexibility index (Phi) is 6.45. The number of hydrogen-bond donors (Lipinski definition) is 2. The largest absolute Gasteiger partial charge is 0.497 e. The summed E-state index contributed by atoms with van der Waals surface area (Å²) in [6, 6.07) is 16.5. The van der Waals surface area contributed by atoms with Crippen LogP contribution in [0.4, 0.5) is 10.6 Å². The fraction of sp³-hybridized carbons (Fsp3) is 0.182. The highest BCUT2D eigenvalue weighted by Crippen LogP contribution is 2.16. The lowest BCUT2D eigenvalue weighted by molar-refractivity contribution is 0.249. The number of methoxy groups -OCH3 is 1. The Hall–Kier alpha value is -4.12. The van der Waals surface area contributed by atoms with E-state index in [1.165, 1.54) is 0 Å². The third-order valence-corrected chi connectivity index (χ3v) is 4.63. The molecule has 0 radical (unpaired) electrons. The van der Waals surface area contributed by atoms with E-state index in [1.807, 2.05) is 49.4 Å². The standard InChI is InChI=1S/C22H22N6O2/c1-15-5-3-4-6-17(15)13-28-14-26-20(21(28)24)19(11-23)27-22(29)25-12-16-7-9-18(30-2)10-8-16/h3-10,14H,12-13,24H2,1-2H3,(H,25,29)/b27-19+. The summed E-state index contributed by atoms with van der Waals surface area (Å²) in [5.41, 5.74) is 9.30. The molecule has 0 spiro atoms. The molecule has 0 fully saturated rings. The number of hydrogen-bond acceptors (Lipinski definition) is 5. The van der Waals surface area contributed by atoms with Crippen molar-refractivity contribution in [3.05, 3.63) is 77.2 Å². The number of aliphatic imine (C=N–C) groups is 1. The van der Waals surface area contributed by atoms with Crippen LogP contribution >= 0.6 is 0 Å². The van der Waals surface area contributed by atoms with E-state index in [4.69, 9.17) is 10.5 Å². The van der Waals surface area contributed by atoms with Gasteiger partial charge in [0.15, 0.2) is 5.71 Å². The molecule has 2 amide bonds. The number of nitrogens with one attached hydrogen (secondary N) is 1. The number of aryl methyl sites for hydroxylation is 1. The SMILES string of the molecule is COc1ccc(CNC(=O)/N=C(\C#N)c2ncn(Cc3ccccc3C)c2N)cc1. The molecule has 1 aromatic heterocycles. The third kappa shape index (κ3) is 4.83. The van der Waals surface area contributed by atoms with Crippen LogP contribution < -0.4 is 15.8 Å². The number of amides is 2. The molecule has 0 saturated heterocycles. The first-order valence-corrected chi connectivity index (χ1v) is 9.27. The monoisotopic (exact) mass is 402 g/mol. The average molecular weight is 402 g/mol.